The van der Waals surface area contributed by atoms with Crippen molar-refractivity contribution in [1.82, 2.24) is 5.32 Å². The molecule has 0 saturated heterocycles. The Morgan fingerprint density at radius 1 is 1.38 bits per heavy atom. The van der Waals surface area contributed by atoms with Gasteiger partial charge in [-0.15, -0.1) is 0 Å². The third kappa shape index (κ3) is 3.00. The Kier molecular flexibility index (Phi) is 3.99. The molecule has 0 spiro atoms. The lowest BCUT2D eigenvalue weighted by Gasteiger charge is -2.29. The summed E-state index contributed by atoms with van der Waals surface area (Å²) in [5.74, 6) is -1.69. The van der Waals surface area contributed by atoms with Gasteiger partial charge in [0, 0.05) is 17.6 Å². The summed E-state index contributed by atoms with van der Waals surface area (Å²) in [6, 6.07) is 4.06. The average Bonchev–Trinajstić information content (AvgIpc) is 2.20. The highest BCUT2D eigenvalue weighted by atomic mass is 19.2. The van der Waals surface area contributed by atoms with Crippen molar-refractivity contribution in [2.24, 2.45) is 0 Å². The molecule has 90 valence electrons. The molecule has 0 radical (unpaired) electrons. The summed E-state index contributed by atoms with van der Waals surface area (Å²) in [5.41, 5.74) is -0.285. The fourth-order valence-electron chi connectivity index (χ4n) is 1.16. The predicted octanol–water partition coefficient (Wildman–Crippen LogP) is 2.21. The van der Waals surface area contributed by atoms with Crippen molar-refractivity contribution < 1.29 is 13.9 Å². The molecule has 2 N–H and O–H groups in total. The number of hydrogen-bond donors (Lipinski definition) is 2. The second-order valence-corrected chi connectivity index (χ2v) is 4.46. The van der Waals surface area contributed by atoms with E-state index < -0.39 is 23.3 Å². The summed E-state index contributed by atoms with van der Waals surface area (Å²) in [4.78, 5) is 0. The van der Waals surface area contributed by atoms with E-state index in [2.05, 4.69) is 5.32 Å². The average molecular weight is 229 g/mol. The summed E-state index contributed by atoms with van der Waals surface area (Å²) in [6.07, 6.45) is -0.580. The molecule has 0 heterocycles. The van der Waals surface area contributed by atoms with Gasteiger partial charge in [0.05, 0.1) is 6.10 Å². The first kappa shape index (κ1) is 13.1. The summed E-state index contributed by atoms with van der Waals surface area (Å²) >= 11 is 0. The molecule has 1 rings (SSSR count). The Morgan fingerprint density at radius 2 is 2.00 bits per heavy atom. The lowest BCUT2D eigenvalue weighted by molar-refractivity contribution is 0.0954. The molecule has 0 aromatic heterocycles. The first-order chi connectivity index (χ1) is 7.34. The summed E-state index contributed by atoms with van der Waals surface area (Å²) in [6.45, 7) is 5.43. The Hall–Kier alpha value is -1.00. The van der Waals surface area contributed by atoms with Crippen molar-refractivity contribution in [2.75, 3.05) is 0 Å². The van der Waals surface area contributed by atoms with Gasteiger partial charge in [0.2, 0.25) is 0 Å². The zero-order valence-corrected chi connectivity index (χ0v) is 9.72. The number of halogens is 2. The maximum atomic E-state index is 13.3. The van der Waals surface area contributed by atoms with Crippen molar-refractivity contribution in [3.8, 4) is 0 Å². The minimum atomic E-state index is -0.853. The van der Waals surface area contributed by atoms with Gasteiger partial charge in [0.1, 0.15) is 0 Å². The van der Waals surface area contributed by atoms with Gasteiger partial charge in [-0.3, -0.25) is 0 Å². The Bertz CT molecular complexity index is 364. The van der Waals surface area contributed by atoms with Crippen LogP contribution in [0.1, 0.15) is 26.3 Å². The van der Waals surface area contributed by atoms with Crippen LogP contribution < -0.4 is 5.32 Å². The van der Waals surface area contributed by atoms with E-state index in [9.17, 15) is 13.9 Å². The highest BCUT2D eigenvalue weighted by Crippen LogP contribution is 2.14. The van der Waals surface area contributed by atoms with Crippen LogP contribution in [0.4, 0.5) is 8.78 Å². The standard InChI is InChI=1S/C12H17F2NO/c1-8(16)12(2,3)15-7-9-5-4-6-10(13)11(9)14/h4-6,8,15-16H,7H2,1-3H3. The van der Waals surface area contributed by atoms with Gasteiger partial charge in [-0.05, 0) is 26.8 Å². The normalized spacial score (nSPS) is 13.9. The molecule has 1 aromatic carbocycles. The summed E-state index contributed by atoms with van der Waals surface area (Å²) in [7, 11) is 0. The van der Waals surface area contributed by atoms with Crippen LogP contribution in [0.25, 0.3) is 0 Å². The molecule has 0 saturated carbocycles. The lowest BCUT2D eigenvalue weighted by atomic mass is 9.98. The first-order valence-corrected chi connectivity index (χ1v) is 5.20. The molecule has 1 atom stereocenters. The van der Waals surface area contributed by atoms with Gasteiger partial charge in [-0.1, -0.05) is 12.1 Å². The number of hydrogen-bond acceptors (Lipinski definition) is 2. The van der Waals surface area contributed by atoms with Crippen molar-refractivity contribution in [2.45, 2.75) is 39.0 Å². The van der Waals surface area contributed by atoms with Crippen LogP contribution in [-0.2, 0) is 6.54 Å². The van der Waals surface area contributed by atoms with Crippen LogP contribution in [0.5, 0.6) is 0 Å². The van der Waals surface area contributed by atoms with Crippen molar-refractivity contribution in [3.05, 3.63) is 35.4 Å². The van der Waals surface area contributed by atoms with Crippen LogP contribution in [0.2, 0.25) is 0 Å². The van der Waals surface area contributed by atoms with E-state index in [0.717, 1.165) is 6.07 Å². The van der Waals surface area contributed by atoms with Crippen molar-refractivity contribution in [3.63, 3.8) is 0 Å². The second kappa shape index (κ2) is 4.89. The van der Waals surface area contributed by atoms with Crippen molar-refractivity contribution >= 4 is 0 Å². The van der Waals surface area contributed by atoms with Gasteiger partial charge in [-0.25, -0.2) is 8.78 Å². The zero-order chi connectivity index (χ0) is 12.3. The van der Waals surface area contributed by atoms with E-state index in [4.69, 9.17) is 0 Å². The van der Waals surface area contributed by atoms with Crippen molar-refractivity contribution in [1.29, 1.82) is 0 Å². The van der Waals surface area contributed by atoms with E-state index in [0.29, 0.717) is 0 Å². The minimum absolute atomic E-state index is 0.182. The lowest BCUT2D eigenvalue weighted by Crippen LogP contribution is -2.47. The zero-order valence-electron chi connectivity index (χ0n) is 9.72. The second-order valence-electron chi connectivity index (χ2n) is 4.46. The largest absolute Gasteiger partial charge is 0.392 e. The third-order valence-electron chi connectivity index (χ3n) is 2.81. The molecule has 16 heavy (non-hydrogen) atoms. The monoisotopic (exact) mass is 229 g/mol. The molecule has 2 nitrogen and oxygen atoms in total. The molecule has 0 bridgehead atoms. The van der Waals surface area contributed by atoms with E-state index in [1.165, 1.54) is 12.1 Å². The van der Waals surface area contributed by atoms with Gasteiger partial charge in [0.15, 0.2) is 11.6 Å². The number of aliphatic hydroxyl groups excluding tert-OH is 1. The smallest absolute Gasteiger partial charge is 0.163 e. The number of rotatable bonds is 4. The van der Waals surface area contributed by atoms with E-state index in [-0.39, 0.29) is 12.1 Å². The summed E-state index contributed by atoms with van der Waals surface area (Å²) in [5, 5.41) is 12.4. The van der Waals surface area contributed by atoms with Crippen LogP contribution in [0.15, 0.2) is 18.2 Å². The maximum Gasteiger partial charge on any atom is 0.163 e. The van der Waals surface area contributed by atoms with Crippen LogP contribution in [-0.4, -0.2) is 16.7 Å². The summed E-state index contributed by atoms with van der Waals surface area (Å²) < 4.78 is 26.2. The van der Waals surface area contributed by atoms with E-state index >= 15 is 0 Å². The van der Waals surface area contributed by atoms with E-state index in [1.807, 2.05) is 0 Å². The fraction of sp³-hybridized carbons (Fsp3) is 0.500. The molecular formula is C12H17F2NO. The van der Waals surface area contributed by atoms with Crippen LogP contribution in [0.3, 0.4) is 0 Å². The molecule has 1 aromatic rings. The SMILES string of the molecule is CC(O)C(C)(C)NCc1cccc(F)c1F. The maximum absolute atomic E-state index is 13.3. The molecule has 1 unspecified atom stereocenters. The predicted molar refractivity (Wildman–Crippen MR) is 59.0 cm³/mol. The third-order valence-corrected chi connectivity index (χ3v) is 2.81. The minimum Gasteiger partial charge on any atom is -0.392 e. The molecular weight excluding hydrogens is 212 g/mol. The van der Waals surface area contributed by atoms with Gasteiger partial charge >= 0.3 is 0 Å². The Balaban J connectivity index is 2.72. The fourth-order valence-corrected chi connectivity index (χ4v) is 1.16. The number of aliphatic hydroxyl groups is 1. The highest BCUT2D eigenvalue weighted by Gasteiger charge is 2.23. The molecule has 0 aliphatic heterocycles. The number of nitrogens with one attached hydrogen (secondary N) is 1. The van der Waals surface area contributed by atoms with Gasteiger partial charge in [-0.2, -0.15) is 0 Å². The Labute approximate surface area is 94.3 Å². The molecule has 0 amide bonds. The first-order valence-electron chi connectivity index (χ1n) is 5.20. The Morgan fingerprint density at radius 3 is 2.56 bits per heavy atom. The number of benzene rings is 1. The molecule has 4 heteroatoms. The van der Waals surface area contributed by atoms with Crippen LogP contribution in [0, 0.1) is 11.6 Å². The quantitative estimate of drug-likeness (QED) is 0.829. The van der Waals surface area contributed by atoms with Gasteiger partial charge in [0.25, 0.3) is 0 Å². The molecule has 0 aliphatic carbocycles. The highest BCUT2D eigenvalue weighted by molar-refractivity contribution is 5.19. The van der Waals surface area contributed by atoms with Crippen LogP contribution >= 0.6 is 0 Å². The molecule has 0 aliphatic rings. The topological polar surface area (TPSA) is 32.3 Å². The molecule has 0 fully saturated rings. The van der Waals surface area contributed by atoms with E-state index in [1.54, 1.807) is 20.8 Å². The van der Waals surface area contributed by atoms with Gasteiger partial charge < -0.3 is 10.4 Å².